The topological polar surface area (TPSA) is 58.3 Å². The summed E-state index contributed by atoms with van der Waals surface area (Å²) in [5.41, 5.74) is 0.757. The summed E-state index contributed by atoms with van der Waals surface area (Å²) >= 11 is 0. The summed E-state index contributed by atoms with van der Waals surface area (Å²) in [4.78, 5) is 3.87. The van der Waals surface area contributed by atoms with Crippen LogP contribution in [-0.2, 0) is 0 Å². The lowest BCUT2D eigenvalue weighted by Gasteiger charge is -2.03. The normalized spacial score (nSPS) is 10.2. The largest absolute Gasteiger partial charge is 0.504 e. The number of phenolic OH excluding ortho intramolecular Hbond substituents is 2. The number of nitrogens with zero attached hydrogens (tertiary/aromatic N) is 2. The van der Waals surface area contributed by atoms with Crippen LogP contribution in [-0.4, -0.2) is 19.8 Å². The van der Waals surface area contributed by atoms with Crippen molar-refractivity contribution in [2.45, 2.75) is 0 Å². The Morgan fingerprint density at radius 2 is 2.00 bits per heavy atom. The molecule has 0 unspecified atom stereocenters. The molecule has 0 aliphatic heterocycles. The van der Waals surface area contributed by atoms with E-state index in [9.17, 15) is 5.11 Å². The first-order chi connectivity index (χ1) is 6.27. The van der Waals surface area contributed by atoms with E-state index in [1.807, 2.05) is 0 Å². The van der Waals surface area contributed by atoms with Crippen molar-refractivity contribution >= 4 is 0 Å². The molecular formula is C9H8N2O2. The number of imidazole rings is 1. The van der Waals surface area contributed by atoms with Crippen molar-refractivity contribution in [2.24, 2.45) is 0 Å². The van der Waals surface area contributed by atoms with Crippen molar-refractivity contribution < 1.29 is 10.2 Å². The third-order valence-electron chi connectivity index (χ3n) is 1.76. The van der Waals surface area contributed by atoms with Gasteiger partial charge in [0.1, 0.15) is 0 Å². The molecule has 13 heavy (non-hydrogen) atoms. The Hall–Kier alpha value is -1.97. The summed E-state index contributed by atoms with van der Waals surface area (Å²) in [6.45, 7) is 0. The maximum absolute atomic E-state index is 9.22. The van der Waals surface area contributed by atoms with Crippen LogP contribution >= 0.6 is 0 Å². The second kappa shape index (κ2) is 2.82. The molecule has 0 aliphatic rings. The molecular weight excluding hydrogens is 168 g/mol. The predicted molar refractivity (Wildman–Crippen MR) is 46.9 cm³/mol. The molecule has 0 amide bonds. The minimum Gasteiger partial charge on any atom is -0.504 e. The fourth-order valence-electron chi connectivity index (χ4n) is 1.08. The van der Waals surface area contributed by atoms with Crippen molar-refractivity contribution in [2.75, 3.05) is 0 Å². The van der Waals surface area contributed by atoms with Crippen LogP contribution in [0.1, 0.15) is 0 Å². The molecule has 1 aromatic heterocycles. The van der Waals surface area contributed by atoms with Crippen LogP contribution in [0.3, 0.4) is 0 Å². The fourth-order valence-corrected chi connectivity index (χ4v) is 1.08. The van der Waals surface area contributed by atoms with Gasteiger partial charge in [0.15, 0.2) is 11.5 Å². The molecule has 0 radical (unpaired) electrons. The van der Waals surface area contributed by atoms with Crippen molar-refractivity contribution in [3.8, 4) is 17.2 Å². The van der Waals surface area contributed by atoms with Gasteiger partial charge in [-0.1, -0.05) is 0 Å². The first-order valence-electron chi connectivity index (χ1n) is 3.77. The Bertz CT molecular complexity index is 410. The molecule has 4 heteroatoms. The zero-order chi connectivity index (χ0) is 9.26. The van der Waals surface area contributed by atoms with Crippen LogP contribution in [0, 0.1) is 0 Å². The van der Waals surface area contributed by atoms with Gasteiger partial charge in [-0.25, -0.2) is 4.98 Å². The van der Waals surface area contributed by atoms with Crippen molar-refractivity contribution in [3.05, 3.63) is 36.9 Å². The summed E-state index contributed by atoms with van der Waals surface area (Å²) < 4.78 is 1.74. The van der Waals surface area contributed by atoms with Gasteiger partial charge in [0.2, 0.25) is 0 Å². The molecule has 2 N–H and O–H groups in total. The SMILES string of the molecule is Oc1ccc(-n2ccnc2)cc1O. The number of hydrogen-bond acceptors (Lipinski definition) is 3. The number of aromatic nitrogens is 2. The first-order valence-corrected chi connectivity index (χ1v) is 3.77. The molecule has 0 bridgehead atoms. The molecule has 1 heterocycles. The lowest BCUT2D eigenvalue weighted by atomic mass is 10.3. The van der Waals surface area contributed by atoms with Gasteiger partial charge in [-0.3, -0.25) is 0 Å². The summed E-state index contributed by atoms with van der Waals surface area (Å²) in [5.74, 6) is -0.255. The molecule has 0 spiro atoms. The lowest BCUT2D eigenvalue weighted by molar-refractivity contribution is 0.403. The van der Waals surface area contributed by atoms with E-state index in [1.165, 1.54) is 12.1 Å². The van der Waals surface area contributed by atoms with Crippen LogP contribution < -0.4 is 0 Å². The summed E-state index contributed by atoms with van der Waals surface area (Å²) in [5, 5.41) is 18.3. The average Bonchev–Trinajstić information content (AvgIpc) is 2.62. The fraction of sp³-hybridized carbons (Fsp3) is 0. The van der Waals surface area contributed by atoms with E-state index < -0.39 is 0 Å². The quantitative estimate of drug-likeness (QED) is 0.643. The molecule has 0 atom stereocenters. The minimum absolute atomic E-state index is 0.121. The van der Waals surface area contributed by atoms with E-state index in [2.05, 4.69) is 4.98 Å². The lowest BCUT2D eigenvalue weighted by Crippen LogP contribution is -1.88. The van der Waals surface area contributed by atoms with Crippen molar-refractivity contribution in [1.82, 2.24) is 9.55 Å². The second-order valence-corrected chi connectivity index (χ2v) is 2.64. The molecule has 1 aromatic carbocycles. The van der Waals surface area contributed by atoms with Gasteiger partial charge in [-0.2, -0.15) is 0 Å². The summed E-state index contributed by atoms with van der Waals surface area (Å²) in [6, 6.07) is 4.60. The van der Waals surface area contributed by atoms with Gasteiger partial charge < -0.3 is 14.8 Å². The Balaban J connectivity index is 2.49. The number of hydrogen-bond donors (Lipinski definition) is 2. The van der Waals surface area contributed by atoms with E-state index in [-0.39, 0.29) is 11.5 Å². The number of aromatic hydroxyl groups is 2. The monoisotopic (exact) mass is 176 g/mol. The Morgan fingerprint density at radius 1 is 1.15 bits per heavy atom. The van der Waals surface area contributed by atoms with Crippen molar-refractivity contribution in [1.29, 1.82) is 0 Å². The van der Waals surface area contributed by atoms with Crippen LogP contribution in [0.15, 0.2) is 36.9 Å². The standard InChI is InChI=1S/C9H8N2O2/c12-8-2-1-7(5-9(8)13)11-4-3-10-6-11/h1-6,12-13H. The van der Waals surface area contributed by atoms with E-state index >= 15 is 0 Å². The maximum Gasteiger partial charge on any atom is 0.159 e. The van der Waals surface area contributed by atoms with Gasteiger partial charge >= 0.3 is 0 Å². The molecule has 2 aromatic rings. The second-order valence-electron chi connectivity index (χ2n) is 2.64. The highest BCUT2D eigenvalue weighted by Gasteiger charge is 2.00. The number of phenols is 2. The van der Waals surface area contributed by atoms with E-state index in [1.54, 1.807) is 29.4 Å². The predicted octanol–water partition coefficient (Wildman–Crippen LogP) is 1.28. The van der Waals surface area contributed by atoms with Gasteiger partial charge in [0.05, 0.1) is 12.0 Å². The average molecular weight is 176 g/mol. The smallest absolute Gasteiger partial charge is 0.159 e. The summed E-state index contributed by atoms with van der Waals surface area (Å²) in [7, 11) is 0. The third-order valence-corrected chi connectivity index (χ3v) is 1.76. The highest BCUT2D eigenvalue weighted by Crippen LogP contribution is 2.26. The molecule has 2 rings (SSSR count). The highest BCUT2D eigenvalue weighted by atomic mass is 16.3. The Morgan fingerprint density at radius 3 is 2.62 bits per heavy atom. The Labute approximate surface area is 74.7 Å². The first kappa shape index (κ1) is 7.67. The van der Waals surface area contributed by atoms with Crippen LogP contribution in [0.2, 0.25) is 0 Å². The van der Waals surface area contributed by atoms with E-state index in [4.69, 9.17) is 5.11 Å². The molecule has 66 valence electrons. The molecule has 0 saturated carbocycles. The minimum atomic E-state index is -0.133. The zero-order valence-corrected chi connectivity index (χ0v) is 6.75. The van der Waals surface area contributed by atoms with Crippen LogP contribution in [0.5, 0.6) is 11.5 Å². The molecule has 0 fully saturated rings. The number of rotatable bonds is 1. The zero-order valence-electron chi connectivity index (χ0n) is 6.75. The van der Waals surface area contributed by atoms with Gasteiger partial charge in [-0.05, 0) is 12.1 Å². The molecule has 0 saturated heterocycles. The third kappa shape index (κ3) is 1.33. The van der Waals surface area contributed by atoms with Crippen molar-refractivity contribution in [3.63, 3.8) is 0 Å². The van der Waals surface area contributed by atoms with Crippen LogP contribution in [0.25, 0.3) is 5.69 Å². The Kier molecular flexibility index (Phi) is 1.66. The van der Waals surface area contributed by atoms with E-state index in [0.29, 0.717) is 0 Å². The molecule has 0 aliphatic carbocycles. The van der Waals surface area contributed by atoms with Crippen LogP contribution in [0.4, 0.5) is 0 Å². The van der Waals surface area contributed by atoms with E-state index in [0.717, 1.165) is 5.69 Å². The van der Waals surface area contributed by atoms with Gasteiger partial charge in [0, 0.05) is 18.5 Å². The highest BCUT2D eigenvalue weighted by molar-refractivity contribution is 5.46. The molecule has 4 nitrogen and oxygen atoms in total. The number of benzene rings is 1. The van der Waals surface area contributed by atoms with Gasteiger partial charge in [0.25, 0.3) is 0 Å². The van der Waals surface area contributed by atoms with Gasteiger partial charge in [-0.15, -0.1) is 0 Å². The summed E-state index contributed by atoms with van der Waals surface area (Å²) in [6.07, 6.45) is 5.02. The maximum atomic E-state index is 9.22.